The lowest BCUT2D eigenvalue weighted by molar-refractivity contribution is -0.132. The van der Waals surface area contributed by atoms with Gasteiger partial charge in [-0.1, -0.05) is 12.1 Å². The zero-order chi connectivity index (χ0) is 17.6. The Balaban J connectivity index is 1.49. The van der Waals surface area contributed by atoms with Crippen LogP contribution in [0.1, 0.15) is 52.0 Å². The molecule has 4 nitrogen and oxygen atoms in total. The number of nitrogens with one attached hydrogen (secondary N) is 2. The summed E-state index contributed by atoms with van der Waals surface area (Å²) in [4.78, 5) is 11.8. The molecule has 0 aromatic heterocycles. The minimum Gasteiger partial charge on any atom is -0.444 e. The van der Waals surface area contributed by atoms with Crippen LogP contribution >= 0.6 is 0 Å². The van der Waals surface area contributed by atoms with Gasteiger partial charge in [0, 0.05) is 18.8 Å². The van der Waals surface area contributed by atoms with Gasteiger partial charge in [-0.3, -0.25) is 0 Å². The molecule has 2 fully saturated rings. The first kappa shape index (κ1) is 17.1. The molecule has 0 unspecified atom stereocenters. The number of alkyl carbamates (subject to hydrolysis) is 1. The van der Waals surface area contributed by atoms with Gasteiger partial charge in [0.2, 0.25) is 0 Å². The van der Waals surface area contributed by atoms with Crippen molar-refractivity contribution in [1.82, 2.24) is 5.32 Å². The highest BCUT2D eigenvalue weighted by molar-refractivity contribution is 5.68. The number of carbonyl (C=O) groups excluding carboxylic acids is 1. The van der Waals surface area contributed by atoms with Crippen molar-refractivity contribution >= 4 is 11.8 Å². The molecule has 0 saturated heterocycles. The number of benzene rings is 1. The second-order valence-electron chi connectivity index (χ2n) is 8.40. The van der Waals surface area contributed by atoms with Gasteiger partial charge in [-0.15, -0.1) is 0 Å². The molecular formula is C19H27FN2O2. The van der Waals surface area contributed by atoms with Crippen molar-refractivity contribution in [2.75, 3.05) is 12.4 Å². The lowest BCUT2D eigenvalue weighted by Gasteiger charge is -2.60. The zero-order valence-electron chi connectivity index (χ0n) is 14.9. The molecule has 0 heterocycles. The van der Waals surface area contributed by atoms with Crippen LogP contribution in [0.15, 0.2) is 24.3 Å². The predicted octanol–water partition coefficient (Wildman–Crippen LogP) is 4.36. The lowest BCUT2D eigenvalue weighted by Crippen LogP contribution is -2.60. The largest absolute Gasteiger partial charge is 0.444 e. The maximum atomic E-state index is 15.1. The fraction of sp³-hybridized carbons (Fsp3) is 0.632. The number of halogens is 1. The first-order valence-electron chi connectivity index (χ1n) is 8.60. The van der Waals surface area contributed by atoms with Crippen molar-refractivity contribution in [3.63, 3.8) is 0 Å². The number of carbonyl (C=O) groups is 1. The highest BCUT2D eigenvalue weighted by Gasteiger charge is 2.61. The van der Waals surface area contributed by atoms with Crippen molar-refractivity contribution in [2.24, 2.45) is 5.41 Å². The second-order valence-corrected chi connectivity index (χ2v) is 8.40. The second kappa shape index (κ2) is 5.64. The average molecular weight is 334 g/mol. The fourth-order valence-electron chi connectivity index (χ4n) is 4.13. The van der Waals surface area contributed by atoms with Gasteiger partial charge in [0.15, 0.2) is 0 Å². The Bertz CT molecular complexity index is 607. The van der Waals surface area contributed by atoms with Gasteiger partial charge in [0.1, 0.15) is 11.3 Å². The third kappa shape index (κ3) is 3.35. The van der Waals surface area contributed by atoms with Crippen LogP contribution in [0.2, 0.25) is 0 Å². The van der Waals surface area contributed by atoms with E-state index in [0.717, 1.165) is 24.1 Å². The van der Waals surface area contributed by atoms with Crippen LogP contribution in [-0.4, -0.2) is 24.8 Å². The van der Waals surface area contributed by atoms with Crippen LogP contribution in [0.3, 0.4) is 0 Å². The first-order valence-corrected chi connectivity index (χ1v) is 8.60. The van der Waals surface area contributed by atoms with Crippen LogP contribution in [0, 0.1) is 5.41 Å². The number of rotatable bonds is 3. The van der Waals surface area contributed by atoms with Crippen molar-refractivity contribution in [1.29, 1.82) is 0 Å². The van der Waals surface area contributed by atoms with Crippen molar-refractivity contribution in [2.45, 2.75) is 63.8 Å². The smallest absolute Gasteiger partial charge is 0.407 e. The third-order valence-electron chi connectivity index (χ3n) is 5.08. The van der Waals surface area contributed by atoms with Gasteiger partial charge in [0.05, 0.1) is 0 Å². The number of amides is 1. The summed E-state index contributed by atoms with van der Waals surface area (Å²) in [5, 5.41) is 5.93. The van der Waals surface area contributed by atoms with Crippen LogP contribution in [0.5, 0.6) is 0 Å². The molecule has 1 aromatic carbocycles. The van der Waals surface area contributed by atoms with Gasteiger partial charge in [-0.25, -0.2) is 9.18 Å². The van der Waals surface area contributed by atoms with Crippen LogP contribution < -0.4 is 10.6 Å². The molecule has 0 atom stereocenters. The van der Waals surface area contributed by atoms with Crippen molar-refractivity contribution in [3.05, 3.63) is 29.8 Å². The summed E-state index contributed by atoms with van der Waals surface area (Å²) in [7, 11) is 1.85. The monoisotopic (exact) mass is 334 g/mol. The number of anilines is 1. The maximum Gasteiger partial charge on any atom is 0.407 e. The number of hydrogen-bond donors (Lipinski definition) is 2. The Morgan fingerprint density at radius 3 is 2.29 bits per heavy atom. The first-order chi connectivity index (χ1) is 11.1. The third-order valence-corrected chi connectivity index (χ3v) is 5.08. The fourth-order valence-corrected chi connectivity index (χ4v) is 4.13. The molecule has 5 heteroatoms. The maximum absolute atomic E-state index is 15.1. The average Bonchev–Trinajstić information content (AvgIpc) is 2.41. The summed E-state index contributed by atoms with van der Waals surface area (Å²) in [6, 6.07) is 7.67. The summed E-state index contributed by atoms with van der Waals surface area (Å²) in [5.41, 5.74) is 0.0896. The number of hydrogen-bond acceptors (Lipinski definition) is 3. The number of ether oxygens (including phenoxy) is 1. The lowest BCUT2D eigenvalue weighted by atomic mass is 9.47. The standard InChI is InChI=1S/C19H27FN2O2/c1-17(2,3)24-16(23)22-15-9-18(10-15)11-19(20,12-18)13-5-7-14(21-4)8-6-13/h5-8,15,21H,9-12H2,1-4H3,(H,22,23). The molecule has 2 aliphatic rings. The predicted molar refractivity (Wildman–Crippen MR) is 92.8 cm³/mol. The van der Waals surface area contributed by atoms with E-state index in [9.17, 15) is 4.79 Å². The normalized spacial score (nSPS) is 31.8. The molecule has 1 amide bonds. The minimum atomic E-state index is -1.22. The van der Waals surface area contributed by atoms with E-state index in [1.54, 1.807) is 0 Å². The summed E-state index contributed by atoms with van der Waals surface area (Å²) in [5.74, 6) is 0. The van der Waals surface area contributed by atoms with Gasteiger partial charge >= 0.3 is 6.09 Å². The number of alkyl halides is 1. The Morgan fingerprint density at radius 2 is 1.79 bits per heavy atom. The molecule has 2 saturated carbocycles. The van der Waals surface area contributed by atoms with Crippen LogP contribution in [0.25, 0.3) is 0 Å². The van der Waals surface area contributed by atoms with Gasteiger partial charge in [-0.05, 0) is 69.6 Å². The minimum absolute atomic E-state index is 0.0517. The SMILES string of the molecule is CNc1ccc(C2(F)CC3(CC(NC(=O)OC(C)(C)C)C3)C2)cc1. The van der Waals surface area contributed by atoms with E-state index in [0.29, 0.717) is 12.8 Å². The summed E-state index contributed by atoms with van der Waals surface area (Å²) < 4.78 is 20.3. The molecule has 3 rings (SSSR count). The van der Waals surface area contributed by atoms with Gasteiger partial charge < -0.3 is 15.4 Å². The van der Waals surface area contributed by atoms with Crippen molar-refractivity contribution < 1.29 is 13.9 Å². The van der Waals surface area contributed by atoms with Crippen LogP contribution in [-0.2, 0) is 10.4 Å². The molecule has 0 radical (unpaired) electrons. The highest BCUT2D eigenvalue weighted by Crippen LogP contribution is 2.65. The van der Waals surface area contributed by atoms with E-state index in [1.165, 1.54) is 0 Å². The molecule has 2 aliphatic carbocycles. The van der Waals surface area contributed by atoms with E-state index in [2.05, 4.69) is 10.6 Å². The van der Waals surface area contributed by atoms with E-state index < -0.39 is 11.3 Å². The highest BCUT2D eigenvalue weighted by atomic mass is 19.1. The van der Waals surface area contributed by atoms with E-state index >= 15 is 4.39 Å². The molecule has 1 spiro atoms. The topological polar surface area (TPSA) is 50.4 Å². The molecule has 2 N–H and O–H groups in total. The van der Waals surface area contributed by atoms with E-state index in [4.69, 9.17) is 4.74 Å². The van der Waals surface area contributed by atoms with E-state index in [1.807, 2.05) is 52.1 Å². The Kier molecular flexibility index (Phi) is 4.01. The van der Waals surface area contributed by atoms with Gasteiger partial charge in [-0.2, -0.15) is 0 Å². The molecule has 132 valence electrons. The molecular weight excluding hydrogens is 307 g/mol. The Labute approximate surface area is 143 Å². The summed E-state index contributed by atoms with van der Waals surface area (Å²) in [6.07, 6.45) is 2.39. The quantitative estimate of drug-likeness (QED) is 0.863. The molecule has 24 heavy (non-hydrogen) atoms. The summed E-state index contributed by atoms with van der Waals surface area (Å²) >= 11 is 0. The van der Waals surface area contributed by atoms with Gasteiger partial charge in [0.25, 0.3) is 0 Å². The molecule has 0 aliphatic heterocycles. The Morgan fingerprint density at radius 1 is 1.21 bits per heavy atom. The molecule has 1 aromatic rings. The van der Waals surface area contributed by atoms with Crippen LogP contribution in [0.4, 0.5) is 14.9 Å². The van der Waals surface area contributed by atoms with Crippen molar-refractivity contribution in [3.8, 4) is 0 Å². The Hall–Kier alpha value is -1.78. The van der Waals surface area contributed by atoms with E-state index in [-0.39, 0.29) is 17.6 Å². The molecule has 0 bridgehead atoms. The summed E-state index contributed by atoms with van der Waals surface area (Å²) in [6.45, 7) is 5.53. The zero-order valence-corrected chi connectivity index (χ0v) is 14.9.